The fourth-order valence-corrected chi connectivity index (χ4v) is 14.1. The number of hydrogen-bond acceptors (Lipinski definition) is 2. The summed E-state index contributed by atoms with van der Waals surface area (Å²) in [5.41, 5.74) is 20.2. The summed E-state index contributed by atoms with van der Waals surface area (Å²) in [5, 5.41) is 0. The molecule has 4 fully saturated rings. The molecule has 0 aliphatic heterocycles. The molecular formula is C67H58N2. The molecule has 4 bridgehead atoms. The molecule has 0 saturated heterocycles. The number of hydrogen-bond donors (Lipinski definition) is 0. The largest absolute Gasteiger partial charge is 0.310 e. The topological polar surface area (TPSA) is 6.48 Å². The highest BCUT2D eigenvalue weighted by Gasteiger charge is 2.58. The van der Waals surface area contributed by atoms with Gasteiger partial charge in [0.2, 0.25) is 0 Å². The first-order valence-electron chi connectivity index (χ1n) is 25.3. The van der Waals surface area contributed by atoms with Crippen molar-refractivity contribution in [2.75, 3.05) is 9.80 Å². The van der Waals surface area contributed by atoms with Crippen molar-refractivity contribution >= 4 is 34.1 Å². The highest BCUT2D eigenvalue weighted by Crippen LogP contribution is 2.65. The van der Waals surface area contributed by atoms with E-state index in [1.165, 1.54) is 116 Å². The van der Waals surface area contributed by atoms with Gasteiger partial charge in [0.1, 0.15) is 0 Å². The van der Waals surface area contributed by atoms with E-state index in [9.17, 15) is 0 Å². The summed E-state index contributed by atoms with van der Waals surface area (Å²) in [4.78, 5) is 4.97. The average molecular weight is 891 g/mol. The summed E-state index contributed by atoms with van der Waals surface area (Å²) in [6.07, 6.45) is 6.70. The Morgan fingerprint density at radius 3 is 1.25 bits per heavy atom. The van der Waals surface area contributed by atoms with Crippen LogP contribution in [0.1, 0.15) is 68.2 Å². The third kappa shape index (κ3) is 6.82. The number of fused-ring (bicyclic) bond motifs is 3. The van der Waals surface area contributed by atoms with E-state index in [-0.39, 0.29) is 10.8 Å². The second-order valence-corrected chi connectivity index (χ2v) is 20.9. The Bertz CT molecular complexity index is 3270. The van der Waals surface area contributed by atoms with Crippen LogP contribution in [0.5, 0.6) is 0 Å². The molecule has 0 radical (unpaired) electrons. The van der Waals surface area contributed by atoms with Crippen LogP contribution in [0.2, 0.25) is 0 Å². The second kappa shape index (κ2) is 16.7. The summed E-state index contributed by atoms with van der Waals surface area (Å²) >= 11 is 0. The number of benzene rings is 9. The van der Waals surface area contributed by atoms with Crippen molar-refractivity contribution in [3.63, 3.8) is 0 Å². The first kappa shape index (κ1) is 41.7. The second-order valence-electron chi connectivity index (χ2n) is 20.9. The Labute approximate surface area is 408 Å². The van der Waals surface area contributed by atoms with Crippen LogP contribution in [-0.4, -0.2) is 0 Å². The summed E-state index contributed by atoms with van der Waals surface area (Å²) in [7, 11) is 0. The zero-order chi connectivity index (χ0) is 46.1. The van der Waals surface area contributed by atoms with Crippen LogP contribution in [0.3, 0.4) is 0 Å². The van der Waals surface area contributed by atoms with Crippen molar-refractivity contribution < 1.29 is 0 Å². The van der Waals surface area contributed by atoms with Gasteiger partial charge in [-0.05, 0) is 161 Å². The molecule has 0 N–H and O–H groups in total. The minimum atomic E-state index is -0.110. The number of nitrogens with zero attached hydrogens (tertiary/aromatic N) is 2. The lowest BCUT2D eigenvalue weighted by Crippen LogP contribution is -2.56. The van der Waals surface area contributed by atoms with Gasteiger partial charge in [0.25, 0.3) is 0 Å². The van der Waals surface area contributed by atoms with E-state index in [0.717, 1.165) is 17.5 Å². The predicted octanol–water partition coefficient (Wildman–Crippen LogP) is 18.0. The van der Waals surface area contributed by atoms with Crippen molar-refractivity contribution in [2.24, 2.45) is 23.7 Å². The van der Waals surface area contributed by atoms with Crippen LogP contribution in [0.25, 0.3) is 33.4 Å². The van der Waals surface area contributed by atoms with Gasteiger partial charge >= 0.3 is 0 Å². The molecule has 0 heterocycles. The molecule has 336 valence electrons. The van der Waals surface area contributed by atoms with Crippen LogP contribution < -0.4 is 9.80 Å². The maximum Gasteiger partial charge on any atom is 0.0540 e. The van der Waals surface area contributed by atoms with E-state index in [4.69, 9.17) is 0 Å². The Balaban J connectivity index is 0.939. The molecule has 0 aromatic heterocycles. The van der Waals surface area contributed by atoms with Crippen LogP contribution >= 0.6 is 0 Å². The zero-order valence-electron chi connectivity index (χ0n) is 39.7. The molecule has 14 rings (SSSR count). The van der Waals surface area contributed by atoms with Gasteiger partial charge in [-0.1, -0.05) is 184 Å². The molecule has 9 aromatic carbocycles. The molecule has 0 unspecified atom stereocenters. The Morgan fingerprint density at radius 1 is 0.333 bits per heavy atom. The maximum absolute atomic E-state index is 2.53. The molecular weight excluding hydrogens is 833 g/mol. The fourth-order valence-electron chi connectivity index (χ4n) is 14.1. The third-order valence-electron chi connectivity index (χ3n) is 16.9. The van der Waals surface area contributed by atoms with Crippen LogP contribution in [-0.2, 0) is 10.8 Å². The van der Waals surface area contributed by atoms with Gasteiger partial charge in [-0.15, -0.1) is 0 Å². The van der Waals surface area contributed by atoms with Crippen molar-refractivity contribution in [2.45, 2.75) is 56.8 Å². The molecule has 0 spiro atoms. The monoisotopic (exact) mass is 890 g/mol. The third-order valence-corrected chi connectivity index (χ3v) is 16.9. The van der Waals surface area contributed by atoms with Crippen molar-refractivity contribution in [1.82, 2.24) is 0 Å². The normalized spacial score (nSPS) is 21.4. The fraction of sp³-hybridized carbons (Fsp3) is 0.194. The first-order chi connectivity index (χ1) is 33.9. The number of para-hydroxylation sites is 3. The molecule has 0 amide bonds. The molecule has 0 atom stereocenters. The van der Waals surface area contributed by atoms with Crippen molar-refractivity contribution in [1.29, 1.82) is 0 Å². The molecule has 4 saturated carbocycles. The maximum atomic E-state index is 2.53. The van der Waals surface area contributed by atoms with E-state index in [1.807, 2.05) is 0 Å². The molecule has 5 aliphatic carbocycles. The Morgan fingerprint density at radius 2 is 0.725 bits per heavy atom. The Kier molecular flexibility index (Phi) is 10.1. The van der Waals surface area contributed by atoms with Gasteiger partial charge in [-0.25, -0.2) is 0 Å². The lowest BCUT2D eigenvalue weighted by molar-refractivity contribution is -0.0418. The van der Waals surface area contributed by atoms with Crippen LogP contribution in [0.15, 0.2) is 231 Å². The molecule has 9 aromatic rings. The SMILES string of the molecule is CC1(C)c2ccccc2-c2ccc(N(c3ccc(C4(c5ccc(N(c6ccccc6)c6ccccc6-c6ccccc6)cc5)C5CC6CC(C5)CC4C6)cc3)c3ccccc3-c3ccccc3)cc21. The van der Waals surface area contributed by atoms with E-state index in [2.05, 4.69) is 254 Å². The smallest absolute Gasteiger partial charge is 0.0540 e. The average Bonchev–Trinajstić information content (AvgIpc) is 3.63. The highest BCUT2D eigenvalue weighted by molar-refractivity contribution is 5.91. The molecule has 2 nitrogen and oxygen atoms in total. The zero-order valence-corrected chi connectivity index (χ0v) is 39.7. The van der Waals surface area contributed by atoms with Crippen LogP contribution in [0.4, 0.5) is 34.1 Å². The van der Waals surface area contributed by atoms with Crippen molar-refractivity contribution in [3.8, 4) is 33.4 Å². The van der Waals surface area contributed by atoms with E-state index >= 15 is 0 Å². The minimum Gasteiger partial charge on any atom is -0.310 e. The molecule has 2 heteroatoms. The van der Waals surface area contributed by atoms with E-state index in [0.29, 0.717) is 11.8 Å². The predicted molar refractivity (Wildman–Crippen MR) is 289 cm³/mol. The van der Waals surface area contributed by atoms with E-state index < -0.39 is 0 Å². The summed E-state index contributed by atoms with van der Waals surface area (Å²) < 4.78 is 0. The highest BCUT2D eigenvalue weighted by atomic mass is 15.2. The van der Waals surface area contributed by atoms with Gasteiger partial charge in [0, 0.05) is 44.7 Å². The van der Waals surface area contributed by atoms with Crippen molar-refractivity contribution in [3.05, 3.63) is 253 Å². The summed E-state index contributed by atoms with van der Waals surface area (Å²) in [5.74, 6) is 2.93. The van der Waals surface area contributed by atoms with E-state index in [1.54, 1.807) is 0 Å². The minimum absolute atomic E-state index is 0.0554. The number of rotatable bonds is 10. The van der Waals surface area contributed by atoms with Gasteiger partial charge in [-0.3, -0.25) is 0 Å². The van der Waals surface area contributed by atoms with Crippen LogP contribution in [0, 0.1) is 23.7 Å². The first-order valence-corrected chi connectivity index (χ1v) is 25.3. The standard InChI is InChI=1S/C67H58N2/c1-66(2)62-27-15-12-26-60(62)61-39-38-57(45-63(61)66)69(65-29-17-14-25-59(65)49-20-8-4-9-21-49)56-36-32-51(33-37-56)67(52-41-46-40-47(43-52)44-53(67)42-46)50-30-34-55(35-31-50)68(54-22-10-5-11-23-54)64-28-16-13-24-58(64)48-18-6-3-7-19-48/h3-39,45-47,52-53H,40-44H2,1-2H3. The van der Waals surface area contributed by atoms with Gasteiger partial charge in [0.15, 0.2) is 0 Å². The van der Waals surface area contributed by atoms with Gasteiger partial charge in [0.05, 0.1) is 11.4 Å². The lowest BCUT2D eigenvalue weighted by Gasteiger charge is -2.62. The lowest BCUT2D eigenvalue weighted by atomic mass is 9.42. The molecule has 69 heavy (non-hydrogen) atoms. The van der Waals surface area contributed by atoms with Gasteiger partial charge < -0.3 is 9.80 Å². The Hall–Kier alpha value is -7.42. The van der Waals surface area contributed by atoms with Gasteiger partial charge in [-0.2, -0.15) is 0 Å². The molecule has 5 aliphatic rings. The summed E-state index contributed by atoms with van der Waals surface area (Å²) in [6.45, 7) is 4.77. The summed E-state index contributed by atoms with van der Waals surface area (Å²) in [6, 6.07) is 86.4. The quantitative estimate of drug-likeness (QED) is 0.135. The number of anilines is 6.